The van der Waals surface area contributed by atoms with Crippen molar-refractivity contribution in [1.82, 2.24) is 5.43 Å². The van der Waals surface area contributed by atoms with Gasteiger partial charge in [-0.25, -0.2) is 10.2 Å². The molecule has 10 heteroatoms. The van der Waals surface area contributed by atoms with Gasteiger partial charge in [0.25, 0.3) is 0 Å². The van der Waals surface area contributed by atoms with Crippen LogP contribution in [0.4, 0.5) is 10.1 Å². The highest BCUT2D eigenvalue weighted by molar-refractivity contribution is 6.07. The van der Waals surface area contributed by atoms with E-state index in [1.54, 1.807) is 38.5 Å². The lowest BCUT2D eigenvalue weighted by Gasteiger charge is -2.19. The van der Waals surface area contributed by atoms with E-state index in [0.29, 0.717) is 46.9 Å². The Kier molecular flexibility index (Phi) is 6.98. The SMILES string of the molecule is COc1cc(F)cc(C2(C(=O)Nc3ccc(-c4ccc(OC)c(OC)c4)c(/C(=N/N)NN)c3)CC2)c1. The summed E-state index contributed by atoms with van der Waals surface area (Å²) in [4.78, 5) is 13.3. The van der Waals surface area contributed by atoms with E-state index in [4.69, 9.17) is 25.9 Å². The topological polar surface area (TPSA) is 133 Å². The Morgan fingerprint density at radius 3 is 2.33 bits per heavy atom. The van der Waals surface area contributed by atoms with Gasteiger partial charge in [-0.2, -0.15) is 5.10 Å². The molecule has 0 aromatic heterocycles. The second-order valence-corrected chi connectivity index (χ2v) is 8.37. The van der Waals surface area contributed by atoms with Crippen LogP contribution in [0.1, 0.15) is 24.0 Å². The number of nitrogens with two attached hydrogens (primary N) is 2. The molecule has 0 radical (unpaired) electrons. The number of hydrogen-bond acceptors (Lipinski definition) is 7. The summed E-state index contributed by atoms with van der Waals surface area (Å²) in [7, 11) is 4.57. The molecule has 0 spiro atoms. The maximum atomic E-state index is 14.1. The van der Waals surface area contributed by atoms with Crippen molar-refractivity contribution in [2.45, 2.75) is 18.3 Å². The summed E-state index contributed by atoms with van der Waals surface area (Å²) in [6.45, 7) is 0. The lowest BCUT2D eigenvalue weighted by atomic mass is 9.94. The Morgan fingerprint density at radius 2 is 1.72 bits per heavy atom. The van der Waals surface area contributed by atoms with E-state index in [1.165, 1.54) is 19.2 Å². The fourth-order valence-corrected chi connectivity index (χ4v) is 4.24. The minimum atomic E-state index is -0.825. The number of carbonyl (C=O) groups is 1. The first kappa shape index (κ1) is 24.8. The number of anilines is 1. The number of rotatable bonds is 8. The molecule has 3 aromatic rings. The highest BCUT2D eigenvalue weighted by atomic mass is 19.1. The van der Waals surface area contributed by atoms with Gasteiger partial charge in [-0.15, -0.1) is 0 Å². The second kappa shape index (κ2) is 10.1. The largest absolute Gasteiger partial charge is 0.497 e. The molecular formula is C26H28FN5O4. The predicted molar refractivity (Wildman–Crippen MR) is 136 cm³/mol. The summed E-state index contributed by atoms with van der Waals surface area (Å²) in [5.74, 6) is 12.3. The predicted octanol–water partition coefficient (Wildman–Crippen LogP) is 3.27. The molecule has 1 saturated carbocycles. The molecule has 36 heavy (non-hydrogen) atoms. The van der Waals surface area contributed by atoms with Crippen molar-refractivity contribution in [3.8, 4) is 28.4 Å². The minimum absolute atomic E-state index is 0.215. The molecule has 1 aliphatic rings. The molecule has 0 atom stereocenters. The fraction of sp³-hybridized carbons (Fsp3) is 0.231. The number of amidine groups is 1. The molecule has 9 nitrogen and oxygen atoms in total. The summed E-state index contributed by atoms with van der Waals surface area (Å²) in [6, 6.07) is 15.1. The lowest BCUT2D eigenvalue weighted by Crippen LogP contribution is -2.33. The maximum Gasteiger partial charge on any atom is 0.235 e. The fourth-order valence-electron chi connectivity index (χ4n) is 4.24. The number of hydrazone groups is 1. The number of amides is 1. The maximum absolute atomic E-state index is 14.1. The average molecular weight is 494 g/mol. The monoisotopic (exact) mass is 493 g/mol. The van der Waals surface area contributed by atoms with Crippen molar-refractivity contribution < 1.29 is 23.4 Å². The van der Waals surface area contributed by atoms with Gasteiger partial charge in [0.1, 0.15) is 11.6 Å². The van der Waals surface area contributed by atoms with E-state index >= 15 is 0 Å². The molecule has 1 amide bonds. The third kappa shape index (κ3) is 4.63. The Hall–Kier alpha value is -4.31. The standard InChI is InChI=1S/C26H28FN5O4/c1-34-19-12-16(11-17(27)13-19)26(8-9-26)25(33)30-18-5-6-20(21(14-18)24(31-28)32-29)15-4-7-22(35-2)23(10-15)36-3/h4-7,10-14H,8-9,28-29H2,1-3H3,(H,30,33)(H,31,32). The zero-order chi connectivity index (χ0) is 25.9. The number of hydrogen-bond donors (Lipinski definition) is 4. The Balaban J connectivity index is 1.69. The molecule has 4 rings (SSSR count). The molecule has 0 saturated heterocycles. The van der Waals surface area contributed by atoms with Crippen molar-refractivity contribution in [1.29, 1.82) is 0 Å². The highest BCUT2D eigenvalue weighted by Gasteiger charge is 2.51. The Bertz CT molecular complexity index is 1320. The van der Waals surface area contributed by atoms with E-state index in [9.17, 15) is 9.18 Å². The van der Waals surface area contributed by atoms with Crippen LogP contribution in [0.25, 0.3) is 11.1 Å². The zero-order valence-corrected chi connectivity index (χ0v) is 20.2. The van der Waals surface area contributed by atoms with Gasteiger partial charge < -0.3 is 30.8 Å². The summed E-state index contributed by atoms with van der Waals surface area (Å²) in [5, 5.41) is 6.71. The molecular weight excluding hydrogens is 465 g/mol. The van der Waals surface area contributed by atoms with Gasteiger partial charge in [0, 0.05) is 17.3 Å². The van der Waals surface area contributed by atoms with E-state index in [-0.39, 0.29) is 11.7 Å². The number of hydrazine groups is 1. The van der Waals surface area contributed by atoms with Crippen LogP contribution in [0.3, 0.4) is 0 Å². The summed E-state index contributed by atoms with van der Waals surface area (Å²) in [6.07, 6.45) is 1.20. The Labute approximate surface area is 208 Å². The number of nitrogens with zero attached hydrogens (tertiary/aromatic N) is 1. The van der Waals surface area contributed by atoms with E-state index in [0.717, 1.165) is 11.1 Å². The molecule has 0 bridgehead atoms. The molecule has 1 fully saturated rings. The van der Waals surface area contributed by atoms with Crippen LogP contribution in [0.15, 0.2) is 59.7 Å². The average Bonchev–Trinajstić information content (AvgIpc) is 3.71. The van der Waals surface area contributed by atoms with Gasteiger partial charge in [-0.3, -0.25) is 4.79 Å². The zero-order valence-electron chi connectivity index (χ0n) is 20.2. The van der Waals surface area contributed by atoms with Crippen LogP contribution in [0, 0.1) is 5.82 Å². The molecule has 188 valence electrons. The first-order valence-electron chi connectivity index (χ1n) is 11.2. The summed E-state index contributed by atoms with van der Waals surface area (Å²) < 4.78 is 30.0. The Morgan fingerprint density at radius 1 is 0.972 bits per heavy atom. The number of ether oxygens (including phenoxy) is 3. The van der Waals surface area contributed by atoms with Crippen molar-refractivity contribution >= 4 is 17.4 Å². The van der Waals surface area contributed by atoms with Crippen molar-refractivity contribution in [3.05, 3.63) is 71.5 Å². The van der Waals surface area contributed by atoms with Crippen LogP contribution in [0.2, 0.25) is 0 Å². The van der Waals surface area contributed by atoms with Gasteiger partial charge >= 0.3 is 0 Å². The third-order valence-electron chi connectivity index (χ3n) is 6.34. The smallest absolute Gasteiger partial charge is 0.235 e. The van der Waals surface area contributed by atoms with Crippen molar-refractivity contribution in [3.63, 3.8) is 0 Å². The van der Waals surface area contributed by atoms with Gasteiger partial charge in [-0.1, -0.05) is 12.1 Å². The van der Waals surface area contributed by atoms with E-state index < -0.39 is 11.2 Å². The normalized spacial score (nSPS) is 14.1. The van der Waals surface area contributed by atoms with Crippen LogP contribution in [0.5, 0.6) is 17.2 Å². The number of halogens is 1. The number of benzene rings is 3. The van der Waals surface area contributed by atoms with Gasteiger partial charge in [-0.05, 0) is 65.9 Å². The van der Waals surface area contributed by atoms with Crippen molar-refractivity contribution in [2.24, 2.45) is 16.8 Å². The van der Waals surface area contributed by atoms with Crippen molar-refractivity contribution in [2.75, 3.05) is 26.6 Å². The minimum Gasteiger partial charge on any atom is -0.497 e. The lowest BCUT2D eigenvalue weighted by molar-refractivity contribution is -0.118. The van der Waals surface area contributed by atoms with Crippen LogP contribution in [-0.2, 0) is 10.2 Å². The number of nitrogens with one attached hydrogen (secondary N) is 2. The molecule has 0 unspecified atom stereocenters. The molecule has 0 heterocycles. The molecule has 1 aliphatic carbocycles. The molecule has 0 aliphatic heterocycles. The van der Waals surface area contributed by atoms with Gasteiger partial charge in [0.05, 0.1) is 26.7 Å². The first-order chi connectivity index (χ1) is 17.4. The van der Waals surface area contributed by atoms with Gasteiger partial charge in [0.2, 0.25) is 5.91 Å². The summed E-state index contributed by atoms with van der Waals surface area (Å²) in [5.41, 5.74) is 4.85. The summed E-state index contributed by atoms with van der Waals surface area (Å²) >= 11 is 0. The quantitative estimate of drug-likeness (QED) is 0.164. The number of carbonyl (C=O) groups excluding carboxylic acids is 1. The molecule has 6 N–H and O–H groups in total. The molecule has 3 aromatic carbocycles. The number of methoxy groups -OCH3 is 3. The van der Waals surface area contributed by atoms with Crippen LogP contribution in [-0.4, -0.2) is 33.1 Å². The first-order valence-corrected chi connectivity index (χ1v) is 11.2. The highest BCUT2D eigenvalue weighted by Crippen LogP contribution is 2.50. The van der Waals surface area contributed by atoms with E-state index in [1.807, 2.05) is 18.2 Å². The van der Waals surface area contributed by atoms with Crippen LogP contribution < -0.4 is 36.6 Å². The van der Waals surface area contributed by atoms with E-state index in [2.05, 4.69) is 15.8 Å². The van der Waals surface area contributed by atoms with Crippen LogP contribution >= 0.6 is 0 Å². The second-order valence-electron chi connectivity index (χ2n) is 8.37. The van der Waals surface area contributed by atoms with Gasteiger partial charge in [0.15, 0.2) is 17.3 Å². The third-order valence-corrected chi connectivity index (χ3v) is 6.34.